The Kier molecular flexibility index (Phi) is 10.2. The van der Waals surface area contributed by atoms with Gasteiger partial charge in [0.25, 0.3) is 0 Å². The summed E-state index contributed by atoms with van der Waals surface area (Å²) in [5.41, 5.74) is 8.04. The lowest BCUT2D eigenvalue weighted by Crippen LogP contribution is -2.11. The zero-order chi connectivity index (χ0) is 45.5. The minimum absolute atomic E-state index is 0.0834. The van der Waals surface area contributed by atoms with E-state index in [1.54, 1.807) is 12.1 Å². The summed E-state index contributed by atoms with van der Waals surface area (Å²) in [4.78, 5) is 20.4. The van der Waals surface area contributed by atoms with Crippen LogP contribution in [0.2, 0.25) is 0 Å². The number of halogens is 3. The van der Waals surface area contributed by atoms with E-state index in [9.17, 15) is 5.26 Å². The van der Waals surface area contributed by atoms with E-state index in [4.69, 9.17) is 19.9 Å². The fourth-order valence-corrected chi connectivity index (χ4v) is 8.76. The number of fused-ring (bicyclic) bond motifs is 3. The largest absolute Gasteiger partial charge is 0.416 e. The van der Waals surface area contributed by atoms with Crippen molar-refractivity contribution in [3.63, 3.8) is 0 Å². The van der Waals surface area contributed by atoms with Gasteiger partial charge in [-0.25, -0.2) is 19.9 Å². The normalized spacial score (nSPS) is 11.5. The Balaban J connectivity index is 1.32. The van der Waals surface area contributed by atoms with Gasteiger partial charge in [-0.3, -0.25) is 0 Å². The molecule has 0 spiro atoms. The van der Waals surface area contributed by atoms with Crippen LogP contribution in [0.15, 0.2) is 212 Å². The third kappa shape index (κ3) is 7.66. The number of benzene rings is 8. The molecule has 0 aliphatic carbocycles. The SMILES string of the molecule is N#Cc1ccccc1-c1ccc2c3ccccc3n(-c3c(-c4cc(-c5ccccc5)nc(-c5ccccc5)n4)cc(C(F)(F)F)cc3-c3nc(-c4ccccc4)cc(-c4ccccc4)n3)c2c1. The standard InChI is InChI=1S/C58H35F3N6/c59-58(60,61)43-32-47(52-35-51(39-21-9-3-10-22-39)63-56(66-52)40-23-11-4-12-24-40)55(48(33-43)57-64-49(37-17-5-1-6-18-37)34-50(65-57)38-19-7-2-8-20-38)67-53-28-16-15-27-45(53)46-30-29-41(31-54(46)67)44-26-14-13-25-42(44)36-62/h1-35H. The Hall–Kier alpha value is -9.00. The average Bonchev–Trinajstić information content (AvgIpc) is 3.72. The van der Waals surface area contributed by atoms with Crippen LogP contribution in [0.25, 0.3) is 106 Å². The van der Waals surface area contributed by atoms with Gasteiger partial charge in [0, 0.05) is 44.2 Å². The molecule has 0 atom stereocenters. The number of hydrogen-bond donors (Lipinski definition) is 0. The van der Waals surface area contributed by atoms with Crippen LogP contribution < -0.4 is 0 Å². The molecule has 8 aromatic carbocycles. The molecule has 0 fully saturated rings. The van der Waals surface area contributed by atoms with E-state index >= 15 is 13.2 Å². The maximum absolute atomic E-state index is 15.7. The van der Waals surface area contributed by atoms with Gasteiger partial charge in [0.1, 0.15) is 0 Å². The molecular weight excluding hydrogens is 838 g/mol. The Bertz CT molecular complexity index is 3410. The quantitative estimate of drug-likeness (QED) is 0.152. The van der Waals surface area contributed by atoms with Crippen LogP contribution in [0.3, 0.4) is 0 Å². The minimum Gasteiger partial charge on any atom is -0.308 e. The molecule has 67 heavy (non-hydrogen) atoms. The minimum atomic E-state index is -4.80. The predicted octanol–water partition coefficient (Wildman–Crippen LogP) is 14.9. The molecule has 9 heteroatoms. The summed E-state index contributed by atoms with van der Waals surface area (Å²) >= 11 is 0. The fraction of sp³-hybridized carbons (Fsp3) is 0.0172. The highest BCUT2D eigenvalue weighted by atomic mass is 19.4. The summed E-state index contributed by atoms with van der Waals surface area (Å²) in [7, 11) is 0. The Labute approximate surface area is 383 Å². The number of hydrogen-bond acceptors (Lipinski definition) is 5. The zero-order valence-electron chi connectivity index (χ0n) is 35.5. The molecule has 11 rings (SSSR count). The monoisotopic (exact) mass is 872 g/mol. The first kappa shape index (κ1) is 40.8. The van der Waals surface area contributed by atoms with Gasteiger partial charge in [0.15, 0.2) is 11.6 Å². The highest BCUT2D eigenvalue weighted by Gasteiger charge is 2.35. The summed E-state index contributed by atoms with van der Waals surface area (Å²) in [5, 5.41) is 11.9. The highest BCUT2D eigenvalue weighted by Crippen LogP contribution is 2.46. The molecule has 0 saturated heterocycles. The number of alkyl halides is 3. The van der Waals surface area contributed by atoms with Crippen LogP contribution in [0.4, 0.5) is 13.2 Å². The van der Waals surface area contributed by atoms with Crippen molar-refractivity contribution in [2.24, 2.45) is 0 Å². The highest BCUT2D eigenvalue weighted by molar-refractivity contribution is 6.11. The average molecular weight is 873 g/mol. The topological polar surface area (TPSA) is 80.3 Å². The van der Waals surface area contributed by atoms with Crippen LogP contribution in [-0.2, 0) is 6.18 Å². The molecule has 0 unspecified atom stereocenters. The van der Waals surface area contributed by atoms with Crippen LogP contribution in [0.5, 0.6) is 0 Å². The van der Waals surface area contributed by atoms with Gasteiger partial charge in [-0.1, -0.05) is 170 Å². The van der Waals surface area contributed by atoms with Gasteiger partial charge in [-0.15, -0.1) is 0 Å². The van der Waals surface area contributed by atoms with Gasteiger partial charge >= 0.3 is 6.18 Å². The third-order valence-electron chi connectivity index (χ3n) is 11.9. The Morgan fingerprint density at radius 3 is 1.46 bits per heavy atom. The number of aromatic nitrogens is 5. The van der Waals surface area contributed by atoms with E-state index < -0.39 is 11.7 Å². The van der Waals surface area contributed by atoms with Crippen LogP contribution in [0.1, 0.15) is 11.1 Å². The molecular formula is C58H35F3N6. The molecule has 0 aliphatic heterocycles. The molecule has 318 valence electrons. The van der Waals surface area contributed by atoms with Gasteiger partial charge in [0.05, 0.1) is 56.7 Å². The van der Waals surface area contributed by atoms with Gasteiger partial charge in [-0.05, 0) is 53.6 Å². The van der Waals surface area contributed by atoms with Gasteiger partial charge < -0.3 is 4.57 Å². The van der Waals surface area contributed by atoms with Crippen molar-refractivity contribution in [3.05, 3.63) is 223 Å². The van der Waals surface area contributed by atoms with Crippen molar-refractivity contribution in [2.75, 3.05) is 0 Å². The first-order valence-corrected chi connectivity index (χ1v) is 21.6. The maximum Gasteiger partial charge on any atom is 0.416 e. The van der Waals surface area contributed by atoms with Gasteiger partial charge in [0.2, 0.25) is 0 Å². The van der Waals surface area contributed by atoms with E-state index in [0.29, 0.717) is 45.2 Å². The van der Waals surface area contributed by atoms with E-state index in [0.717, 1.165) is 50.2 Å². The second-order valence-electron chi connectivity index (χ2n) is 16.0. The second kappa shape index (κ2) is 16.8. The van der Waals surface area contributed by atoms with Crippen molar-refractivity contribution in [2.45, 2.75) is 6.18 Å². The zero-order valence-corrected chi connectivity index (χ0v) is 35.5. The molecule has 11 aromatic rings. The van der Waals surface area contributed by atoms with Crippen LogP contribution >= 0.6 is 0 Å². The summed E-state index contributed by atoms with van der Waals surface area (Å²) in [5.74, 6) is 0.424. The fourth-order valence-electron chi connectivity index (χ4n) is 8.76. The molecule has 6 nitrogen and oxygen atoms in total. The molecule has 3 heterocycles. The Morgan fingerprint density at radius 1 is 0.388 bits per heavy atom. The van der Waals surface area contributed by atoms with E-state index in [1.165, 1.54) is 6.07 Å². The molecule has 0 N–H and O–H groups in total. The maximum atomic E-state index is 15.7. The summed E-state index contributed by atoms with van der Waals surface area (Å²) in [6.45, 7) is 0. The predicted molar refractivity (Wildman–Crippen MR) is 260 cm³/mol. The van der Waals surface area contributed by atoms with Crippen molar-refractivity contribution >= 4 is 21.8 Å². The van der Waals surface area contributed by atoms with Crippen molar-refractivity contribution in [3.8, 4) is 90.7 Å². The lowest BCUT2D eigenvalue weighted by Gasteiger charge is -2.22. The number of rotatable bonds is 8. The van der Waals surface area contributed by atoms with E-state index in [2.05, 4.69) is 6.07 Å². The third-order valence-corrected chi connectivity index (χ3v) is 11.9. The van der Waals surface area contributed by atoms with Crippen LogP contribution in [-0.4, -0.2) is 24.5 Å². The molecule has 0 bridgehead atoms. The second-order valence-corrected chi connectivity index (χ2v) is 16.0. The van der Waals surface area contributed by atoms with Crippen molar-refractivity contribution in [1.82, 2.24) is 24.5 Å². The summed E-state index contributed by atoms with van der Waals surface area (Å²) in [6, 6.07) is 67.5. The number of para-hydroxylation sites is 1. The first-order chi connectivity index (χ1) is 32.8. The molecule has 0 amide bonds. The van der Waals surface area contributed by atoms with Crippen molar-refractivity contribution < 1.29 is 13.2 Å². The molecule has 0 radical (unpaired) electrons. The molecule has 3 aromatic heterocycles. The van der Waals surface area contributed by atoms with E-state index in [-0.39, 0.29) is 22.6 Å². The lowest BCUT2D eigenvalue weighted by atomic mass is 9.96. The summed E-state index contributed by atoms with van der Waals surface area (Å²) < 4.78 is 49.2. The number of nitriles is 1. The lowest BCUT2D eigenvalue weighted by molar-refractivity contribution is -0.137. The number of nitrogens with zero attached hydrogens (tertiary/aromatic N) is 6. The van der Waals surface area contributed by atoms with Crippen molar-refractivity contribution in [1.29, 1.82) is 5.26 Å². The smallest absolute Gasteiger partial charge is 0.308 e. The van der Waals surface area contributed by atoms with E-state index in [1.807, 2.05) is 193 Å². The molecule has 0 aliphatic rings. The molecule has 0 saturated carbocycles. The van der Waals surface area contributed by atoms with Crippen LogP contribution in [0, 0.1) is 11.3 Å². The van der Waals surface area contributed by atoms with Gasteiger partial charge in [-0.2, -0.15) is 18.4 Å². The first-order valence-electron chi connectivity index (χ1n) is 21.6. The Morgan fingerprint density at radius 2 is 0.866 bits per heavy atom. The summed E-state index contributed by atoms with van der Waals surface area (Å²) in [6.07, 6.45) is -4.80.